The number of rotatable bonds is 11. The van der Waals surface area contributed by atoms with E-state index in [0.29, 0.717) is 25.4 Å². The lowest BCUT2D eigenvalue weighted by Gasteiger charge is -2.10. The van der Waals surface area contributed by atoms with Crippen LogP contribution in [0.15, 0.2) is 34.3 Å². The highest BCUT2D eigenvalue weighted by molar-refractivity contribution is 6.06. The summed E-state index contributed by atoms with van der Waals surface area (Å²) in [5.41, 5.74) is 23.9. The van der Waals surface area contributed by atoms with Gasteiger partial charge in [0.15, 0.2) is 23.4 Å². The van der Waals surface area contributed by atoms with Crippen LogP contribution in [0.3, 0.4) is 0 Å². The minimum absolute atomic E-state index is 0.0283. The highest BCUT2D eigenvalue weighted by Crippen LogP contribution is 2.15. The number of anilines is 2. The summed E-state index contributed by atoms with van der Waals surface area (Å²) in [5, 5.41) is 5.33. The summed E-state index contributed by atoms with van der Waals surface area (Å²) >= 11 is 0. The van der Waals surface area contributed by atoms with Gasteiger partial charge in [-0.2, -0.15) is 0 Å². The number of nitrogen functional groups attached to an aromatic ring is 1. The Kier molecular flexibility index (Phi) is 9.68. The van der Waals surface area contributed by atoms with E-state index in [1.54, 1.807) is 14.0 Å². The van der Waals surface area contributed by atoms with Gasteiger partial charge in [-0.05, 0) is 43.9 Å². The third-order valence-electron chi connectivity index (χ3n) is 4.53. The van der Waals surface area contributed by atoms with Crippen LogP contribution in [-0.2, 0) is 6.42 Å². The van der Waals surface area contributed by atoms with Crippen LogP contribution in [0.4, 0.5) is 11.6 Å². The molecule has 178 valence electrons. The second kappa shape index (κ2) is 12.7. The zero-order valence-electron chi connectivity index (χ0n) is 19.0. The average molecular weight is 457 g/mol. The van der Waals surface area contributed by atoms with Gasteiger partial charge in [-0.3, -0.25) is 20.1 Å². The van der Waals surface area contributed by atoms with Gasteiger partial charge >= 0.3 is 0 Å². The number of aryl methyl sites for hydroxylation is 2. The standard InChI is InChI=1S/C21H32N10O2/c1-13-17(22)30-18(26-2)16(29-13)19(32)31-21(25)28-10-4-3-5-14-6-8-15(9-7-14)33-12-11-27-20(23)24/h6-9H,3-5,10-12H2,1-2H3,(H3,22,26,30)(H4,23,24,27)(H3,25,28,31,32). The molecule has 0 bridgehead atoms. The van der Waals surface area contributed by atoms with E-state index in [4.69, 9.17) is 27.7 Å². The van der Waals surface area contributed by atoms with E-state index in [9.17, 15) is 4.79 Å². The van der Waals surface area contributed by atoms with E-state index in [2.05, 4.69) is 30.6 Å². The molecule has 0 aliphatic carbocycles. The van der Waals surface area contributed by atoms with Gasteiger partial charge in [0.05, 0.1) is 12.2 Å². The number of hydrogen-bond acceptors (Lipinski definition) is 8. The molecule has 0 radical (unpaired) electrons. The fourth-order valence-corrected chi connectivity index (χ4v) is 2.81. The van der Waals surface area contributed by atoms with Crippen molar-refractivity contribution in [2.24, 2.45) is 27.2 Å². The van der Waals surface area contributed by atoms with Crippen molar-refractivity contribution in [3.05, 3.63) is 41.2 Å². The summed E-state index contributed by atoms with van der Waals surface area (Å²) in [6, 6.07) is 7.86. The van der Waals surface area contributed by atoms with Crippen LogP contribution in [0.5, 0.6) is 5.75 Å². The van der Waals surface area contributed by atoms with Crippen LogP contribution in [0.25, 0.3) is 0 Å². The molecular weight excluding hydrogens is 424 g/mol. The Labute approximate surface area is 192 Å². The van der Waals surface area contributed by atoms with Gasteiger partial charge in [0.2, 0.25) is 0 Å². The maximum Gasteiger partial charge on any atom is 0.280 e. The molecular formula is C21H32N10O2. The molecule has 2 aromatic rings. The van der Waals surface area contributed by atoms with E-state index < -0.39 is 5.91 Å². The van der Waals surface area contributed by atoms with Gasteiger partial charge in [-0.15, -0.1) is 0 Å². The molecule has 10 N–H and O–H groups in total. The number of unbranched alkanes of at least 4 members (excludes halogenated alkanes) is 1. The SMILES string of the molecule is CNc1nc(N)c(C)nc1C(=O)NC(N)=NCCCCc1ccc(OCCN=C(N)N)cc1. The Morgan fingerprint density at radius 3 is 2.45 bits per heavy atom. The van der Waals surface area contributed by atoms with Crippen LogP contribution >= 0.6 is 0 Å². The molecule has 12 nitrogen and oxygen atoms in total. The second-order valence-corrected chi connectivity index (χ2v) is 7.12. The quantitative estimate of drug-likeness (QED) is 0.154. The van der Waals surface area contributed by atoms with Gasteiger partial charge in [-0.1, -0.05) is 12.1 Å². The number of nitrogens with one attached hydrogen (secondary N) is 2. The minimum Gasteiger partial charge on any atom is -0.492 e. The number of ether oxygens (including phenoxy) is 1. The van der Waals surface area contributed by atoms with Crippen molar-refractivity contribution in [2.45, 2.75) is 26.2 Å². The lowest BCUT2D eigenvalue weighted by Crippen LogP contribution is -2.38. The number of benzene rings is 1. The van der Waals surface area contributed by atoms with Crippen molar-refractivity contribution < 1.29 is 9.53 Å². The smallest absolute Gasteiger partial charge is 0.280 e. The zero-order valence-corrected chi connectivity index (χ0v) is 19.0. The molecule has 12 heteroatoms. The van der Waals surface area contributed by atoms with Crippen LogP contribution in [0.1, 0.15) is 34.6 Å². The Morgan fingerprint density at radius 2 is 1.79 bits per heavy atom. The molecule has 2 rings (SSSR count). The predicted octanol–water partition coefficient (Wildman–Crippen LogP) is 0.129. The molecule has 1 aromatic carbocycles. The average Bonchev–Trinajstić information content (AvgIpc) is 2.78. The molecule has 0 unspecified atom stereocenters. The first kappa shape index (κ1) is 25.2. The summed E-state index contributed by atoms with van der Waals surface area (Å²) < 4.78 is 5.57. The predicted molar refractivity (Wildman–Crippen MR) is 130 cm³/mol. The van der Waals surface area contributed by atoms with Crippen LogP contribution in [0, 0.1) is 6.92 Å². The first-order chi connectivity index (χ1) is 15.8. The van der Waals surface area contributed by atoms with E-state index >= 15 is 0 Å². The Morgan fingerprint density at radius 1 is 1.06 bits per heavy atom. The van der Waals surface area contributed by atoms with Crippen molar-refractivity contribution in [3.8, 4) is 5.75 Å². The van der Waals surface area contributed by atoms with E-state index in [1.165, 1.54) is 5.56 Å². The highest BCUT2D eigenvalue weighted by Gasteiger charge is 2.17. The largest absolute Gasteiger partial charge is 0.492 e. The van der Waals surface area contributed by atoms with Gasteiger partial charge in [0, 0.05) is 13.6 Å². The molecule has 0 spiro atoms. The number of aromatic nitrogens is 2. The minimum atomic E-state index is -0.503. The molecule has 0 atom stereocenters. The number of amides is 1. The number of guanidine groups is 2. The summed E-state index contributed by atoms with van der Waals surface area (Å²) in [5.74, 6) is 0.866. The number of aliphatic imine (C=N–C) groups is 2. The summed E-state index contributed by atoms with van der Waals surface area (Å²) in [6.07, 6.45) is 2.62. The van der Waals surface area contributed by atoms with Gasteiger partial charge < -0.3 is 33.0 Å². The number of nitrogens with two attached hydrogens (primary N) is 4. The third-order valence-corrected chi connectivity index (χ3v) is 4.53. The zero-order chi connectivity index (χ0) is 24.2. The number of carbonyl (C=O) groups excluding carboxylic acids is 1. The molecule has 1 aromatic heterocycles. The molecule has 0 saturated heterocycles. The van der Waals surface area contributed by atoms with Crippen molar-refractivity contribution in [1.29, 1.82) is 0 Å². The first-order valence-electron chi connectivity index (χ1n) is 10.5. The van der Waals surface area contributed by atoms with Crippen molar-refractivity contribution in [3.63, 3.8) is 0 Å². The lowest BCUT2D eigenvalue weighted by molar-refractivity contribution is 0.0972. The molecule has 1 amide bonds. The maximum absolute atomic E-state index is 12.4. The molecule has 0 aliphatic rings. The number of hydrogen-bond donors (Lipinski definition) is 6. The van der Waals surface area contributed by atoms with Crippen molar-refractivity contribution >= 4 is 29.5 Å². The van der Waals surface area contributed by atoms with E-state index in [0.717, 1.165) is 25.0 Å². The number of carbonyl (C=O) groups is 1. The van der Waals surface area contributed by atoms with Crippen LogP contribution < -0.4 is 38.3 Å². The monoisotopic (exact) mass is 456 g/mol. The van der Waals surface area contributed by atoms with E-state index in [-0.39, 0.29) is 29.2 Å². The van der Waals surface area contributed by atoms with Crippen LogP contribution in [-0.4, -0.2) is 54.5 Å². The van der Waals surface area contributed by atoms with Gasteiger partial charge in [0.1, 0.15) is 18.2 Å². The summed E-state index contributed by atoms with van der Waals surface area (Å²) in [7, 11) is 1.63. The maximum atomic E-state index is 12.4. The lowest BCUT2D eigenvalue weighted by atomic mass is 10.1. The number of nitrogens with zero attached hydrogens (tertiary/aromatic N) is 4. The fraction of sp³-hybridized carbons (Fsp3) is 0.381. The molecule has 0 saturated carbocycles. The van der Waals surface area contributed by atoms with Crippen molar-refractivity contribution in [2.75, 3.05) is 37.8 Å². The Bertz CT molecular complexity index is 985. The molecule has 0 fully saturated rings. The summed E-state index contributed by atoms with van der Waals surface area (Å²) in [6.45, 7) is 2.99. The normalized spacial score (nSPS) is 11.0. The second-order valence-electron chi connectivity index (χ2n) is 7.12. The molecule has 0 aliphatic heterocycles. The Hall–Kier alpha value is -4.09. The first-order valence-corrected chi connectivity index (χ1v) is 10.5. The van der Waals surface area contributed by atoms with Gasteiger partial charge in [-0.25, -0.2) is 9.97 Å². The van der Waals surface area contributed by atoms with E-state index in [1.807, 2.05) is 24.3 Å². The van der Waals surface area contributed by atoms with Crippen LogP contribution in [0.2, 0.25) is 0 Å². The van der Waals surface area contributed by atoms with Crippen molar-refractivity contribution in [1.82, 2.24) is 15.3 Å². The third kappa shape index (κ3) is 8.51. The Balaban J connectivity index is 1.73. The highest BCUT2D eigenvalue weighted by atomic mass is 16.5. The molecule has 1 heterocycles. The fourth-order valence-electron chi connectivity index (χ4n) is 2.81. The summed E-state index contributed by atoms with van der Waals surface area (Å²) in [4.78, 5) is 28.8. The van der Waals surface area contributed by atoms with Gasteiger partial charge in [0.25, 0.3) is 5.91 Å². The molecule has 33 heavy (non-hydrogen) atoms. The topological polar surface area (TPSA) is 205 Å².